The molecule has 1 rings (SSSR count). The van der Waals surface area contributed by atoms with Crippen molar-refractivity contribution in [3.8, 4) is 0 Å². The van der Waals surface area contributed by atoms with Crippen LogP contribution in [0.1, 0.15) is 47.5 Å². The van der Waals surface area contributed by atoms with E-state index in [9.17, 15) is 14.7 Å². The van der Waals surface area contributed by atoms with Gasteiger partial charge in [0.2, 0.25) is 5.91 Å². The number of hydrogen-bond acceptors (Lipinski definition) is 3. The molecule has 0 aromatic heterocycles. The summed E-state index contributed by atoms with van der Waals surface area (Å²) in [4.78, 5) is 25.8. The molecule has 1 unspecified atom stereocenters. The maximum atomic E-state index is 12.4. The van der Waals surface area contributed by atoms with Crippen LogP contribution in [0.5, 0.6) is 0 Å². The molecule has 5 heteroatoms. The second kappa shape index (κ2) is 6.37. The minimum absolute atomic E-state index is 0.0260. The minimum Gasteiger partial charge on any atom is -0.481 e. The van der Waals surface area contributed by atoms with Gasteiger partial charge in [-0.3, -0.25) is 9.59 Å². The van der Waals surface area contributed by atoms with Crippen molar-refractivity contribution >= 4 is 23.6 Å². The molecule has 116 valence electrons. The van der Waals surface area contributed by atoms with E-state index in [2.05, 4.69) is 13.8 Å². The molecule has 1 atom stereocenters. The van der Waals surface area contributed by atoms with Gasteiger partial charge in [-0.25, -0.2) is 0 Å². The minimum atomic E-state index is -0.980. The maximum Gasteiger partial charge on any atom is 0.310 e. The van der Waals surface area contributed by atoms with Gasteiger partial charge >= 0.3 is 5.97 Å². The molecule has 1 fully saturated rings. The summed E-state index contributed by atoms with van der Waals surface area (Å²) in [6.45, 7) is 11.2. The van der Waals surface area contributed by atoms with Crippen LogP contribution in [-0.4, -0.2) is 45.5 Å². The van der Waals surface area contributed by atoms with Crippen molar-refractivity contribution in [2.45, 2.75) is 52.2 Å². The van der Waals surface area contributed by atoms with Crippen LogP contribution >= 0.6 is 11.8 Å². The highest BCUT2D eigenvalue weighted by Gasteiger charge is 2.40. The van der Waals surface area contributed by atoms with Crippen LogP contribution < -0.4 is 0 Å². The number of carbonyl (C=O) groups is 2. The van der Waals surface area contributed by atoms with Gasteiger partial charge in [0, 0.05) is 30.0 Å². The average Bonchev–Trinajstić information content (AvgIpc) is 2.49. The van der Waals surface area contributed by atoms with E-state index >= 15 is 0 Å². The van der Waals surface area contributed by atoms with E-state index in [-0.39, 0.29) is 23.0 Å². The topological polar surface area (TPSA) is 57.6 Å². The van der Waals surface area contributed by atoms with Gasteiger partial charge in [-0.05, 0) is 19.3 Å². The lowest BCUT2D eigenvalue weighted by Crippen LogP contribution is -2.42. The summed E-state index contributed by atoms with van der Waals surface area (Å²) >= 11 is 1.88. The maximum absolute atomic E-state index is 12.4. The van der Waals surface area contributed by atoms with Crippen molar-refractivity contribution in [3.63, 3.8) is 0 Å². The number of amides is 1. The van der Waals surface area contributed by atoms with E-state index in [0.29, 0.717) is 0 Å². The van der Waals surface area contributed by atoms with Crippen LogP contribution in [0.25, 0.3) is 0 Å². The second-order valence-electron chi connectivity index (χ2n) is 6.79. The molecule has 0 saturated carbocycles. The molecular weight excluding hydrogens is 274 g/mol. The van der Waals surface area contributed by atoms with E-state index in [1.165, 1.54) is 0 Å². The van der Waals surface area contributed by atoms with Gasteiger partial charge in [-0.2, -0.15) is 11.8 Å². The molecule has 0 aromatic rings. The number of aliphatic carboxylic acids is 1. The number of hydrogen-bond donors (Lipinski definition) is 1. The van der Waals surface area contributed by atoms with Crippen molar-refractivity contribution in [3.05, 3.63) is 0 Å². The first-order valence-corrected chi connectivity index (χ1v) is 8.22. The van der Waals surface area contributed by atoms with E-state index < -0.39 is 11.4 Å². The lowest BCUT2D eigenvalue weighted by molar-refractivity contribution is -0.155. The molecule has 1 N–H and O–H groups in total. The van der Waals surface area contributed by atoms with Gasteiger partial charge in [-0.15, -0.1) is 0 Å². The predicted molar refractivity (Wildman–Crippen MR) is 82.9 cm³/mol. The molecule has 0 bridgehead atoms. The van der Waals surface area contributed by atoms with Crippen molar-refractivity contribution in [1.82, 2.24) is 4.90 Å². The molecular formula is C15H27NO3S. The number of thioether (sulfide) groups is 1. The van der Waals surface area contributed by atoms with Crippen LogP contribution in [0.4, 0.5) is 0 Å². The third-order valence-electron chi connectivity index (χ3n) is 4.47. The quantitative estimate of drug-likeness (QED) is 0.867. The fourth-order valence-electron chi connectivity index (χ4n) is 2.22. The summed E-state index contributed by atoms with van der Waals surface area (Å²) in [5, 5.41) is 9.41. The van der Waals surface area contributed by atoms with Crippen LogP contribution in [0.15, 0.2) is 0 Å². The zero-order chi connectivity index (χ0) is 15.6. The molecule has 1 aliphatic rings. The number of rotatable bonds is 4. The molecule has 0 spiro atoms. The molecule has 1 saturated heterocycles. The Morgan fingerprint density at radius 3 is 2.45 bits per heavy atom. The summed E-state index contributed by atoms with van der Waals surface area (Å²) in [7, 11) is 0. The van der Waals surface area contributed by atoms with Gasteiger partial charge in [0.25, 0.3) is 0 Å². The highest BCUT2D eigenvalue weighted by Crippen LogP contribution is 2.34. The lowest BCUT2D eigenvalue weighted by Gasteiger charge is -2.31. The summed E-state index contributed by atoms with van der Waals surface area (Å²) in [6, 6.07) is 0. The molecule has 1 aliphatic heterocycles. The highest BCUT2D eigenvalue weighted by atomic mass is 32.2. The third-order valence-corrected chi connectivity index (χ3v) is 5.84. The summed E-state index contributed by atoms with van der Waals surface area (Å²) in [5.41, 5.74) is -0.980. The van der Waals surface area contributed by atoms with Gasteiger partial charge in [0.05, 0.1) is 5.41 Å². The third kappa shape index (κ3) is 4.14. The molecule has 20 heavy (non-hydrogen) atoms. The Hall–Kier alpha value is -0.710. The Kier molecular flexibility index (Phi) is 5.53. The zero-order valence-electron chi connectivity index (χ0n) is 13.2. The molecule has 0 aromatic carbocycles. The molecule has 4 nitrogen and oxygen atoms in total. The first kappa shape index (κ1) is 17.3. The van der Waals surface area contributed by atoms with Crippen molar-refractivity contribution in [1.29, 1.82) is 0 Å². The summed E-state index contributed by atoms with van der Waals surface area (Å²) < 4.78 is 0.198. The van der Waals surface area contributed by atoms with Crippen LogP contribution in [-0.2, 0) is 9.59 Å². The largest absolute Gasteiger partial charge is 0.481 e. The first-order chi connectivity index (χ1) is 9.08. The predicted octanol–water partition coefficient (Wildman–Crippen LogP) is 2.87. The standard InChI is InChI=1S/C15H27NO3S/c1-11(2)15(5,13(18)19)10-12(17)16-7-6-14(3,4)20-9-8-16/h11H,6-10H2,1-5H3,(H,18,19). The average molecular weight is 301 g/mol. The van der Waals surface area contributed by atoms with Crippen LogP contribution in [0.3, 0.4) is 0 Å². The van der Waals surface area contributed by atoms with Gasteiger partial charge < -0.3 is 10.0 Å². The van der Waals surface area contributed by atoms with Crippen molar-refractivity contribution < 1.29 is 14.7 Å². The molecule has 0 aliphatic carbocycles. The second-order valence-corrected chi connectivity index (χ2v) is 8.60. The van der Waals surface area contributed by atoms with Crippen molar-refractivity contribution in [2.75, 3.05) is 18.8 Å². The van der Waals surface area contributed by atoms with Crippen LogP contribution in [0, 0.1) is 11.3 Å². The summed E-state index contributed by atoms with van der Waals surface area (Å²) in [5.74, 6) is -0.0569. The van der Waals surface area contributed by atoms with Gasteiger partial charge in [-0.1, -0.05) is 27.7 Å². The molecule has 0 radical (unpaired) electrons. The van der Waals surface area contributed by atoms with Gasteiger partial charge in [0.15, 0.2) is 0 Å². The van der Waals surface area contributed by atoms with E-state index in [0.717, 1.165) is 25.3 Å². The van der Waals surface area contributed by atoms with E-state index in [1.807, 2.05) is 30.5 Å². The number of carboxylic acid groups (broad SMARTS) is 1. The first-order valence-electron chi connectivity index (χ1n) is 7.23. The monoisotopic (exact) mass is 301 g/mol. The lowest BCUT2D eigenvalue weighted by atomic mass is 9.76. The van der Waals surface area contributed by atoms with Gasteiger partial charge in [0.1, 0.15) is 0 Å². The Morgan fingerprint density at radius 2 is 1.95 bits per heavy atom. The fraction of sp³-hybridized carbons (Fsp3) is 0.867. The Labute approximate surface area is 126 Å². The molecule has 1 amide bonds. The normalized spacial score (nSPS) is 22.2. The Bertz CT molecular complexity index is 381. The molecule has 1 heterocycles. The fourth-order valence-corrected chi connectivity index (χ4v) is 3.32. The number of nitrogens with zero attached hydrogens (tertiary/aromatic N) is 1. The summed E-state index contributed by atoms with van der Waals surface area (Å²) in [6.07, 6.45) is 1.04. The highest BCUT2D eigenvalue weighted by molar-refractivity contribution is 8.00. The van der Waals surface area contributed by atoms with E-state index in [4.69, 9.17) is 0 Å². The van der Waals surface area contributed by atoms with Crippen LogP contribution in [0.2, 0.25) is 0 Å². The zero-order valence-corrected chi connectivity index (χ0v) is 14.0. The number of carbonyl (C=O) groups excluding carboxylic acids is 1. The Morgan fingerprint density at radius 1 is 1.35 bits per heavy atom. The number of carboxylic acids is 1. The van der Waals surface area contributed by atoms with Crippen molar-refractivity contribution in [2.24, 2.45) is 11.3 Å². The SMILES string of the molecule is CC(C)C(C)(CC(=O)N1CCSC(C)(C)CC1)C(=O)O. The van der Waals surface area contributed by atoms with E-state index in [1.54, 1.807) is 6.92 Å². The Balaban J connectivity index is 2.73. The smallest absolute Gasteiger partial charge is 0.310 e.